The quantitative estimate of drug-likeness (QED) is 0.345. The average molecular weight is 463 g/mol. The van der Waals surface area contributed by atoms with E-state index in [4.69, 9.17) is 4.74 Å². The Morgan fingerprint density at radius 1 is 1.28 bits per heavy atom. The molecule has 0 spiro atoms. The van der Waals surface area contributed by atoms with Gasteiger partial charge in [0.2, 0.25) is 5.95 Å². The Morgan fingerprint density at radius 2 is 1.96 bits per heavy atom. The van der Waals surface area contributed by atoms with E-state index in [-0.39, 0.29) is 30.0 Å². The lowest BCUT2D eigenvalue weighted by molar-refractivity contribution is 0.179. The monoisotopic (exact) mass is 463 g/mol. The van der Waals surface area contributed by atoms with Gasteiger partial charge in [-0.05, 0) is 13.0 Å². The zero-order valence-electron chi connectivity index (χ0n) is 15.3. The summed E-state index contributed by atoms with van der Waals surface area (Å²) >= 11 is 0. The predicted octanol–water partition coefficient (Wildman–Crippen LogP) is 0.417. The van der Waals surface area contributed by atoms with Crippen LogP contribution in [0.5, 0.6) is 0 Å². The van der Waals surface area contributed by atoms with Crippen LogP contribution in [0.25, 0.3) is 0 Å². The van der Waals surface area contributed by atoms with Crippen molar-refractivity contribution in [2.75, 3.05) is 64.9 Å². The molecule has 2 heterocycles. The molecule has 1 aromatic heterocycles. The van der Waals surface area contributed by atoms with Crippen molar-refractivity contribution in [1.29, 1.82) is 0 Å². The number of hydrogen-bond donors (Lipinski definition) is 2. The van der Waals surface area contributed by atoms with Crippen molar-refractivity contribution in [3.8, 4) is 0 Å². The molecule has 9 heteroatoms. The number of ether oxygens (including phenoxy) is 1. The number of methoxy groups -OCH3 is 1. The van der Waals surface area contributed by atoms with Crippen molar-refractivity contribution in [1.82, 2.24) is 25.5 Å². The highest BCUT2D eigenvalue weighted by atomic mass is 127. The van der Waals surface area contributed by atoms with Crippen molar-refractivity contribution < 1.29 is 4.74 Å². The first kappa shape index (κ1) is 21.8. The van der Waals surface area contributed by atoms with E-state index in [0.29, 0.717) is 6.61 Å². The highest BCUT2D eigenvalue weighted by Crippen LogP contribution is 2.08. The third-order valence-corrected chi connectivity index (χ3v) is 3.95. The van der Waals surface area contributed by atoms with Crippen LogP contribution >= 0.6 is 24.0 Å². The summed E-state index contributed by atoms with van der Waals surface area (Å²) in [6, 6.07) is 2.08. The number of aliphatic imine (C=N–C) groups is 1. The fourth-order valence-corrected chi connectivity index (χ4v) is 2.68. The minimum absolute atomic E-state index is 0. The molecule has 0 radical (unpaired) electrons. The number of halogens is 1. The van der Waals surface area contributed by atoms with E-state index in [9.17, 15) is 0 Å². The molecule has 1 aliphatic rings. The summed E-state index contributed by atoms with van der Waals surface area (Å²) in [5, 5.41) is 6.66. The summed E-state index contributed by atoms with van der Waals surface area (Å²) in [4.78, 5) is 17.5. The van der Waals surface area contributed by atoms with Crippen LogP contribution in [-0.2, 0) is 4.74 Å². The van der Waals surface area contributed by atoms with Gasteiger partial charge in [0.25, 0.3) is 0 Å². The third-order valence-electron chi connectivity index (χ3n) is 3.95. The Hall–Kier alpha value is -1.20. The van der Waals surface area contributed by atoms with Gasteiger partial charge in [-0.3, -0.25) is 9.89 Å². The van der Waals surface area contributed by atoms with E-state index in [1.165, 1.54) is 0 Å². The minimum Gasteiger partial charge on any atom is -0.383 e. The normalized spacial score (nSPS) is 16.9. The lowest BCUT2D eigenvalue weighted by Gasteiger charge is -2.34. The first-order chi connectivity index (χ1) is 11.7. The van der Waals surface area contributed by atoms with Gasteiger partial charge in [-0.15, -0.1) is 24.0 Å². The van der Waals surface area contributed by atoms with Gasteiger partial charge in [0.05, 0.1) is 6.61 Å². The van der Waals surface area contributed by atoms with Gasteiger partial charge >= 0.3 is 0 Å². The predicted molar refractivity (Wildman–Crippen MR) is 112 cm³/mol. The summed E-state index contributed by atoms with van der Waals surface area (Å²) in [5.41, 5.74) is 0. The Balaban J connectivity index is 0.00000312. The lowest BCUT2D eigenvalue weighted by atomic mass is 10.3. The van der Waals surface area contributed by atoms with Crippen LogP contribution in [0.15, 0.2) is 23.5 Å². The Morgan fingerprint density at radius 3 is 2.56 bits per heavy atom. The molecular weight excluding hydrogens is 433 g/mol. The summed E-state index contributed by atoms with van der Waals surface area (Å²) in [7, 11) is 3.49. The van der Waals surface area contributed by atoms with E-state index < -0.39 is 0 Å². The van der Waals surface area contributed by atoms with E-state index >= 15 is 0 Å². The smallest absolute Gasteiger partial charge is 0.225 e. The van der Waals surface area contributed by atoms with Gasteiger partial charge in [-0.2, -0.15) is 0 Å². The van der Waals surface area contributed by atoms with Crippen LogP contribution in [0.3, 0.4) is 0 Å². The van der Waals surface area contributed by atoms with Crippen LogP contribution in [-0.4, -0.2) is 86.9 Å². The third kappa shape index (κ3) is 7.70. The van der Waals surface area contributed by atoms with Crippen LogP contribution in [0, 0.1) is 0 Å². The molecule has 1 aromatic rings. The molecule has 1 saturated heterocycles. The van der Waals surface area contributed by atoms with Gasteiger partial charge in [-0.25, -0.2) is 9.97 Å². The van der Waals surface area contributed by atoms with Crippen molar-refractivity contribution in [2.45, 2.75) is 13.0 Å². The van der Waals surface area contributed by atoms with Gasteiger partial charge in [0.1, 0.15) is 0 Å². The fourth-order valence-electron chi connectivity index (χ4n) is 2.68. The number of rotatable bonds is 7. The maximum absolute atomic E-state index is 5.13. The number of piperazine rings is 1. The summed E-state index contributed by atoms with van der Waals surface area (Å²) in [5.74, 6) is 1.64. The zero-order chi connectivity index (χ0) is 17.2. The lowest BCUT2D eigenvalue weighted by Crippen LogP contribution is -2.50. The molecule has 0 bridgehead atoms. The van der Waals surface area contributed by atoms with Gasteiger partial charge < -0.3 is 20.3 Å². The molecule has 0 saturated carbocycles. The molecule has 25 heavy (non-hydrogen) atoms. The number of nitrogens with zero attached hydrogens (tertiary/aromatic N) is 5. The Labute approximate surface area is 167 Å². The van der Waals surface area contributed by atoms with Crippen LogP contribution in [0.2, 0.25) is 0 Å². The average Bonchev–Trinajstić information content (AvgIpc) is 2.62. The maximum atomic E-state index is 5.13. The topological polar surface area (TPSA) is 77.9 Å². The molecule has 1 aliphatic heterocycles. The standard InChI is InChI=1S/C16H29N7O.HI/c1-14(13-24-3)21-15(17-2)18-7-8-22-9-11-23(12-10-22)16-19-5-4-6-20-16;/h4-6,14H,7-13H2,1-3H3,(H2,17,18,21);1H. The molecule has 0 amide bonds. The Kier molecular flexibility index (Phi) is 10.7. The zero-order valence-corrected chi connectivity index (χ0v) is 17.6. The van der Waals surface area contributed by atoms with Crippen molar-refractivity contribution in [2.24, 2.45) is 4.99 Å². The SMILES string of the molecule is CN=C(NCCN1CCN(c2ncccn2)CC1)NC(C)COC.I. The molecule has 0 aliphatic carbocycles. The molecule has 1 atom stereocenters. The minimum atomic E-state index is 0. The van der Waals surface area contributed by atoms with Crippen LogP contribution in [0.1, 0.15) is 6.92 Å². The molecule has 2 N–H and O–H groups in total. The number of guanidine groups is 1. The summed E-state index contributed by atoms with van der Waals surface area (Å²) in [6.07, 6.45) is 3.59. The summed E-state index contributed by atoms with van der Waals surface area (Å²) in [6.45, 7) is 8.54. The van der Waals surface area contributed by atoms with Crippen molar-refractivity contribution in [3.63, 3.8) is 0 Å². The van der Waals surface area contributed by atoms with E-state index in [1.807, 2.05) is 6.07 Å². The second-order valence-corrected chi connectivity index (χ2v) is 5.88. The molecule has 0 aromatic carbocycles. The second kappa shape index (κ2) is 12.2. The number of hydrogen-bond acceptors (Lipinski definition) is 6. The highest BCUT2D eigenvalue weighted by molar-refractivity contribution is 14.0. The first-order valence-electron chi connectivity index (χ1n) is 8.43. The number of anilines is 1. The largest absolute Gasteiger partial charge is 0.383 e. The fraction of sp³-hybridized carbons (Fsp3) is 0.688. The number of nitrogens with one attached hydrogen (secondary N) is 2. The van der Waals surface area contributed by atoms with Crippen LogP contribution in [0.4, 0.5) is 5.95 Å². The molecule has 142 valence electrons. The molecule has 1 unspecified atom stereocenters. The summed E-state index contributed by atoms with van der Waals surface area (Å²) < 4.78 is 5.13. The molecule has 1 fully saturated rings. The van der Waals surface area contributed by atoms with E-state index in [1.54, 1.807) is 26.6 Å². The molecular formula is C16H30IN7O. The van der Waals surface area contributed by atoms with Crippen molar-refractivity contribution >= 4 is 35.9 Å². The number of aromatic nitrogens is 2. The first-order valence-corrected chi connectivity index (χ1v) is 8.43. The van der Waals surface area contributed by atoms with Gasteiger partial charge in [0.15, 0.2) is 5.96 Å². The van der Waals surface area contributed by atoms with E-state index in [2.05, 4.69) is 42.3 Å². The van der Waals surface area contributed by atoms with Crippen LogP contribution < -0.4 is 15.5 Å². The molecule has 8 nitrogen and oxygen atoms in total. The maximum Gasteiger partial charge on any atom is 0.225 e. The van der Waals surface area contributed by atoms with E-state index in [0.717, 1.165) is 51.2 Å². The molecule has 2 rings (SSSR count). The Bertz CT molecular complexity index is 495. The highest BCUT2D eigenvalue weighted by Gasteiger charge is 2.18. The van der Waals surface area contributed by atoms with Gasteiger partial charge in [0, 0.05) is 71.9 Å². The second-order valence-electron chi connectivity index (χ2n) is 5.88. The van der Waals surface area contributed by atoms with Crippen molar-refractivity contribution in [3.05, 3.63) is 18.5 Å². The van der Waals surface area contributed by atoms with Gasteiger partial charge in [-0.1, -0.05) is 0 Å².